The molecule has 3 aliphatic rings. The minimum absolute atomic E-state index is 0.00758. The Morgan fingerprint density at radius 3 is 2.48 bits per heavy atom. The van der Waals surface area contributed by atoms with E-state index in [0.717, 1.165) is 38.5 Å². The molecule has 1 saturated carbocycles. The molecule has 1 aliphatic carbocycles. The van der Waals surface area contributed by atoms with E-state index in [1.165, 1.54) is 11.3 Å². The van der Waals surface area contributed by atoms with Gasteiger partial charge in [-0.25, -0.2) is 4.98 Å². The first kappa shape index (κ1) is 20.3. The Morgan fingerprint density at radius 2 is 1.79 bits per heavy atom. The van der Waals surface area contributed by atoms with E-state index in [-0.39, 0.29) is 36.2 Å². The molecule has 0 bridgehead atoms. The minimum Gasteiger partial charge on any atom is -0.368 e. The number of ether oxygens (including phenoxy) is 1. The van der Waals surface area contributed by atoms with Crippen molar-refractivity contribution >= 4 is 34.2 Å². The fraction of sp³-hybridized carbons (Fsp3) is 0.700. The largest absolute Gasteiger partial charge is 0.368 e. The average Bonchev–Trinajstić information content (AvgIpc) is 3.50. The number of aromatic nitrogens is 1. The molecule has 3 amide bonds. The summed E-state index contributed by atoms with van der Waals surface area (Å²) in [6.45, 7) is 2.82. The molecule has 9 heteroatoms. The Hall–Kier alpha value is -2.00. The third-order valence-electron chi connectivity index (χ3n) is 5.99. The molecule has 0 spiro atoms. The summed E-state index contributed by atoms with van der Waals surface area (Å²) in [6, 6.07) is 0. The molecule has 29 heavy (non-hydrogen) atoms. The van der Waals surface area contributed by atoms with E-state index in [1.54, 1.807) is 9.80 Å². The highest BCUT2D eigenvalue weighted by atomic mass is 32.1. The van der Waals surface area contributed by atoms with Crippen LogP contribution in [0.1, 0.15) is 44.2 Å². The zero-order valence-electron chi connectivity index (χ0n) is 16.6. The molecule has 2 saturated heterocycles. The van der Waals surface area contributed by atoms with Gasteiger partial charge in [-0.2, -0.15) is 0 Å². The van der Waals surface area contributed by atoms with Crippen LogP contribution in [0.3, 0.4) is 0 Å². The third kappa shape index (κ3) is 4.95. The second-order valence-corrected chi connectivity index (χ2v) is 8.86. The van der Waals surface area contributed by atoms with E-state index in [2.05, 4.69) is 10.3 Å². The maximum Gasteiger partial charge on any atom is 0.251 e. The van der Waals surface area contributed by atoms with Crippen LogP contribution in [0, 0.1) is 5.92 Å². The molecule has 1 atom stereocenters. The zero-order valence-corrected chi connectivity index (χ0v) is 17.4. The van der Waals surface area contributed by atoms with Gasteiger partial charge in [-0.05, 0) is 25.7 Å². The normalized spacial score (nSPS) is 22.8. The van der Waals surface area contributed by atoms with Gasteiger partial charge in [0.1, 0.15) is 6.10 Å². The topological polar surface area (TPSA) is 91.8 Å². The summed E-state index contributed by atoms with van der Waals surface area (Å²) >= 11 is 1.36. The minimum atomic E-state index is -0.301. The molecule has 1 unspecified atom stereocenters. The summed E-state index contributed by atoms with van der Waals surface area (Å²) in [4.78, 5) is 45.2. The number of thiazole rings is 1. The monoisotopic (exact) mass is 420 g/mol. The molecule has 0 aromatic carbocycles. The summed E-state index contributed by atoms with van der Waals surface area (Å²) in [6.07, 6.45) is 5.77. The van der Waals surface area contributed by atoms with E-state index in [9.17, 15) is 14.4 Å². The van der Waals surface area contributed by atoms with Crippen LogP contribution in [0.25, 0.3) is 0 Å². The molecule has 158 valence electrons. The number of nitrogens with zero attached hydrogens (tertiary/aromatic N) is 3. The van der Waals surface area contributed by atoms with Gasteiger partial charge in [0.05, 0.1) is 12.1 Å². The second-order valence-electron chi connectivity index (χ2n) is 8.00. The van der Waals surface area contributed by atoms with Crippen LogP contribution >= 0.6 is 11.3 Å². The van der Waals surface area contributed by atoms with E-state index in [0.29, 0.717) is 43.6 Å². The SMILES string of the molecule is O=C(Nc1nc(CC(=O)N2CCN(C(=O)C3CCCO3)CC2)cs1)C1CCCC1. The molecular weight excluding hydrogens is 392 g/mol. The Morgan fingerprint density at radius 1 is 1.07 bits per heavy atom. The van der Waals surface area contributed by atoms with Gasteiger partial charge in [-0.15, -0.1) is 11.3 Å². The summed E-state index contributed by atoms with van der Waals surface area (Å²) in [5, 5.41) is 5.29. The van der Waals surface area contributed by atoms with Gasteiger partial charge < -0.3 is 19.9 Å². The van der Waals surface area contributed by atoms with Crippen molar-refractivity contribution in [2.24, 2.45) is 5.92 Å². The fourth-order valence-electron chi connectivity index (χ4n) is 4.26. The van der Waals surface area contributed by atoms with Crippen molar-refractivity contribution in [3.63, 3.8) is 0 Å². The Balaban J connectivity index is 1.23. The van der Waals surface area contributed by atoms with Gasteiger partial charge in [0.15, 0.2) is 5.13 Å². The highest BCUT2D eigenvalue weighted by Crippen LogP contribution is 2.27. The first-order chi connectivity index (χ1) is 14.1. The summed E-state index contributed by atoms with van der Waals surface area (Å²) in [5.41, 5.74) is 0.680. The Bertz CT molecular complexity index is 747. The van der Waals surface area contributed by atoms with Crippen LogP contribution in [-0.4, -0.2) is 71.4 Å². The summed E-state index contributed by atoms with van der Waals surface area (Å²) in [5.74, 6) is 0.198. The molecule has 3 heterocycles. The smallest absolute Gasteiger partial charge is 0.251 e. The first-order valence-corrected chi connectivity index (χ1v) is 11.4. The number of piperazine rings is 1. The molecule has 3 fully saturated rings. The van der Waals surface area contributed by atoms with Crippen molar-refractivity contribution in [2.75, 3.05) is 38.1 Å². The standard InChI is InChI=1S/C20H28N4O4S/c25-17(23-7-9-24(10-8-23)19(27)16-6-3-11-28-16)12-15-13-29-20(21-15)22-18(26)14-4-1-2-5-14/h13-14,16H,1-12H2,(H,21,22,26). The molecular formula is C20H28N4O4S. The number of anilines is 1. The molecule has 8 nitrogen and oxygen atoms in total. The fourth-order valence-corrected chi connectivity index (χ4v) is 4.97. The molecule has 1 N–H and O–H groups in total. The average molecular weight is 421 g/mol. The van der Waals surface area contributed by atoms with E-state index < -0.39 is 0 Å². The van der Waals surface area contributed by atoms with E-state index in [4.69, 9.17) is 4.74 Å². The third-order valence-corrected chi connectivity index (χ3v) is 6.80. The predicted molar refractivity (Wildman–Crippen MR) is 109 cm³/mol. The van der Waals surface area contributed by atoms with Crippen LogP contribution in [0.5, 0.6) is 0 Å². The second kappa shape index (κ2) is 9.21. The summed E-state index contributed by atoms with van der Waals surface area (Å²) in [7, 11) is 0. The van der Waals surface area contributed by atoms with Gasteiger partial charge >= 0.3 is 0 Å². The van der Waals surface area contributed by atoms with Gasteiger partial charge in [0, 0.05) is 44.1 Å². The Labute approximate surface area is 174 Å². The quantitative estimate of drug-likeness (QED) is 0.782. The van der Waals surface area contributed by atoms with Crippen LogP contribution in [0.2, 0.25) is 0 Å². The van der Waals surface area contributed by atoms with Crippen molar-refractivity contribution in [1.29, 1.82) is 0 Å². The number of rotatable bonds is 5. The molecule has 0 radical (unpaired) electrons. The highest BCUT2D eigenvalue weighted by molar-refractivity contribution is 7.13. The van der Waals surface area contributed by atoms with Crippen molar-refractivity contribution in [2.45, 2.75) is 51.0 Å². The van der Waals surface area contributed by atoms with E-state index >= 15 is 0 Å². The van der Waals surface area contributed by atoms with Gasteiger partial charge in [0.25, 0.3) is 5.91 Å². The lowest BCUT2D eigenvalue weighted by atomic mass is 10.1. The van der Waals surface area contributed by atoms with Crippen molar-refractivity contribution in [3.8, 4) is 0 Å². The van der Waals surface area contributed by atoms with Crippen molar-refractivity contribution in [3.05, 3.63) is 11.1 Å². The number of hydrogen-bond donors (Lipinski definition) is 1. The predicted octanol–water partition coefficient (Wildman–Crippen LogP) is 1.66. The molecule has 4 rings (SSSR count). The maximum atomic E-state index is 12.6. The van der Waals surface area contributed by atoms with Crippen LogP contribution < -0.4 is 5.32 Å². The number of carbonyl (C=O) groups is 3. The van der Waals surface area contributed by atoms with Crippen molar-refractivity contribution < 1.29 is 19.1 Å². The first-order valence-electron chi connectivity index (χ1n) is 10.5. The van der Waals surface area contributed by atoms with Gasteiger partial charge in [-0.3, -0.25) is 14.4 Å². The lowest BCUT2D eigenvalue weighted by Gasteiger charge is -2.35. The van der Waals surface area contributed by atoms with Crippen LogP contribution in [0.15, 0.2) is 5.38 Å². The van der Waals surface area contributed by atoms with Crippen molar-refractivity contribution in [1.82, 2.24) is 14.8 Å². The van der Waals surface area contributed by atoms with E-state index in [1.807, 2.05) is 5.38 Å². The van der Waals surface area contributed by atoms with Gasteiger partial charge in [0.2, 0.25) is 11.8 Å². The number of carbonyl (C=O) groups excluding carboxylic acids is 3. The zero-order chi connectivity index (χ0) is 20.2. The number of amides is 3. The number of nitrogens with one attached hydrogen (secondary N) is 1. The number of hydrogen-bond acceptors (Lipinski definition) is 6. The Kier molecular flexibility index (Phi) is 6.44. The lowest BCUT2D eigenvalue weighted by Crippen LogP contribution is -2.53. The van der Waals surface area contributed by atoms with Crippen LogP contribution in [0.4, 0.5) is 5.13 Å². The lowest BCUT2D eigenvalue weighted by molar-refractivity contribution is -0.145. The molecule has 1 aromatic rings. The summed E-state index contributed by atoms with van der Waals surface area (Å²) < 4.78 is 5.47. The maximum absolute atomic E-state index is 12.6. The van der Waals surface area contributed by atoms with Crippen LogP contribution in [-0.2, 0) is 25.5 Å². The molecule has 1 aromatic heterocycles. The van der Waals surface area contributed by atoms with Gasteiger partial charge in [-0.1, -0.05) is 12.8 Å². The molecule has 2 aliphatic heterocycles. The highest BCUT2D eigenvalue weighted by Gasteiger charge is 2.31.